The van der Waals surface area contributed by atoms with Crippen molar-refractivity contribution in [2.45, 2.75) is 6.42 Å². The fourth-order valence-corrected chi connectivity index (χ4v) is 2.27. The van der Waals surface area contributed by atoms with Crippen LogP contribution in [0.5, 0.6) is 0 Å². The normalized spacial score (nSPS) is 20.5. The number of pyridine rings is 1. The number of rotatable bonds is 3. The van der Waals surface area contributed by atoms with Gasteiger partial charge in [0.05, 0.1) is 5.02 Å². The van der Waals surface area contributed by atoms with E-state index in [2.05, 4.69) is 22.2 Å². The van der Waals surface area contributed by atoms with Gasteiger partial charge in [0.1, 0.15) is 5.69 Å². The lowest BCUT2D eigenvalue weighted by Crippen LogP contribution is -2.31. The third-order valence-electron chi connectivity index (χ3n) is 3.01. The molecule has 1 saturated heterocycles. The van der Waals surface area contributed by atoms with Crippen LogP contribution in [-0.2, 0) is 0 Å². The standard InChI is InChI=1S/C12H16ClN3O/c1-16-6-4-9(8-16)7-15-12(17)11-10(13)3-2-5-14-11/h2-3,5,9H,4,6-8H2,1H3,(H,15,17). The molecular weight excluding hydrogens is 238 g/mol. The van der Waals surface area contributed by atoms with E-state index in [4.69, 9.17) is 11.6 Å². The van der Waals surface area contributed by atoms with Crippen LogP contribution in [0.4, 0.5) is 0 Å². The summed E-state index contributed by atoms with van der Waals surface area (Å²) < 4.78 is 0. The summed E-state index contributed by atoms with van der Waals surface area (Å²) in [5, 5.41) is 3.29. The number of hydrogen-bond donors (Lipinski definition) is 1. The van der Waals surface area contributed by atoms with E-state index >= 15 is 0 Å². The molecule has 2 rings (SSSR count). The summed E-state index contributed by atoms with van der Waals surface area (Å²) in [6.07, 6.45) is 2.71. The summed E-state index contributed by atoms with van der Waals surface area (Å²) in [4.78, 5) is 18.1. The van der Waals surface area contributed by atoms with Crippen molar-refractivity contribution in [3.05, 3.63) is 29.0 Å². The van der Waals surface area contributed by atoms with Crippen molar-refractivity contribution >= 4 is 17.5 Å². The van der Waals surface area contributed by atoms with Crippen LogP contribution in [0.15, 0.2) is 18.3 Å². The molecule has 1 unspecified atom stereocenters. The molecule has 0 spiro atoms. The van der Waals surface area contributed by atoms with Crippen molar-refractivity contribution in [2.75, 3.05) is 26.7 Å². The highest BCUT2D eigenvalue weighted by Crippen LogP contribution is 2.14. The zero-order valence-electron chi connectivity index (χ0n) is 9.82. The van der Waals surface area contributed by atoms with Crippen molar-refractivity contribution in [2.24, 2.45) is 5.92 Å². The van der Waals surface area contributed by atoms with Gasteiger partial charge in [0.25, 0.3) is 5.91 Å². The predicted octanol–water partition coefficient (Wildman–Crippen LogP) is 1.42. The maximum Gasteiger partial charge on any atom is 0.271 e. The first-order valence-corrected chi connectivity index (χ1v) is 6.12. The molecule has 1 aliphatic rings. The largest absolute Gasteiger partial charge is 0.350 e. The first-order chi connectivity index (χ1) is 8.16. The SMILES string of the molecule is CN1CCC(CNC(=O)c2ncccc2Cl)C1. The molecule has 0 aliphatic carbocycles. The van der Waals surface area contributed by atoms with E-state index < -0.39 is 0 Å². The Kier molecular flexibility index (Phi) is 3.97. The van der Waals surface area contributed by atoms with Crippen LogP contribution in [0.1, 0.15) is 16.9 Å². The van der Waals surface area contributed by atoms with Crippen LogP contribution in [0.25, 0.3) is 0 Å². The van der Waals surface area contributed by atoms with Crippen molar-refractivity contribution in [3.8, 4) is 0 Å². The Morgan fingerprint density at radius 3 is 3.18 bits per heavy atom. The monoisotopic (exact) mass is 253 g/mol. The van der Waals surface area contributed by atoms with Gasteiger partial charge in [-0.15, -0.1) is 0 Å². The van der Waals surface area contributed by atoms with E-state index in [1.807, 2.05) is 0 Å². The van der Waals surface area contributed by atoms with Crippen LogP contribution in [0.3, 0.4) is 0 Å². The van der Waals surface area contributed by atoms with Crippen molar-refractivity contribution in [1.29, 1.82) is 0 Å². The second-order valence-electron chi connectivity index (χ2n) is 4.46. The number of aromatic nitrogens is 1. The van der Waals surface area contributed by atoms with Crippen molar-refractivity contribution in [1.82, 2.24) is 15.2 Å². The average molecular weight is 254 g/mol. The minimum absolute atomic E-state index is 0.190. The Morgan fingerprint density at radius 2 is 2.53 bits per heavy atom. The fraction of sp³-hybridized carbons (Fsp3) is 0.500. The van der Waals surface area contributed by atoms with Crippen LogP contribution in [0.2, 0.25) is 5.02 Å². The van der Waals surface area contributed by atoms with Crippen LogP contribution < -0.4 is 5.32 Å². The number of nitrogens with one attached hydrogen (secondary N) is 1. The first kappa shape index (κ1) is 12.3. The molecule has 1 fully saturated rings. The average Bonchev–Trinajstić information content (AvgIpc) is 2.73. The number of hydrogen-bond acceptors (Lipinski definition) is 3. The lowest BCUT2D eigenvalue weighted by molar-refractivity contribution is 0.0943. The number of carbonyl (C=O) groups is 1. The van der Waals surface area contributed by atoms with E-state index in [0.29, 0.717) is 23.2 Å². The lowest BCUT2D eigenvalue weighted by Gasteiger charge is -2.11. The number of carbonyl (C=O) groups excluding carboxylic acids is 1. The third kappa shape index (κ3) is 3.17. The molecule has 1 aliphatic heterocycles. The number of nitrogens with zero attached hydrogens (tertiary/aromatic N) is 2. The molecular formula is C12H16ClN3O. The highest BCUT2D eigenvalue weighted by molar-refractivity contribution is 6.33. The van der Waals surface area contributed by atoms with E-state index in [1.54, 1.807) is 18.3 Å². The molecule has 92 valence electrons. The molecule has 0 bridgehead atoms. The molecule has 1 aromatic rings. The van der Waals surface area contributed by atoms with Crippen molar-refractivity contribution < 1.29 is 4.79 Å². The quantitative estimate of drug-likeness (QED) is 0.886. The molecule has 1 N–H and O–H groups in total. The predicted molar refractivity (Wildman–Crippen MR) is 67.2 cm³/mol. The Labute approximate surface area is 106 Å². The van der Waals surface area contributed by atoms with Crippen LogP contribution >= 0.6 is 11.6 Å². The summed E-state index contributed by atoms with van der Waals surface area (Å²) in [6, 6.07) is 3.39. The summed E-state index contributed by atoms with van der Waals surface area (Å²) in [5.41, 5.74) is 0.306. The minimum Gasteiger partial charge on any atom is -0.350 e. The second-order valence-corrected chi connectivity index (χ2v) is 4.87. The Balaban J connectivity index is 1.88. The summed E-state index contributed by atoms with van der Waals surface area (Å²) in [7, 11) is 2.09. The highest BCUT2D eigenvalue weighted by Gasteiger charge is 2.20. The van der Waals surface area contributed by atoms with Crippen molar-refractivity contribution in [3.63, 3.8) is 0 Å². The van der Waals surface area contributed by atoms with Crippen LogP contribution in [-0.4, -0.2) is 42.5 Å². The number of amides is 1. The van der Waals surface area contributed by atoms with Gasteiger partial charge in [-0.1, -0.05) is 11.6 Å². The molecule has 0 saturated carbocycles. The van der Waals surface area contributed by atoms with Gasteiger partial charge in [-0.2, -0.15) is 0 Å². The molecule has 1 aromatic heterocycles. The third-order valence-corrected chi connectivity index (χ3v) is 3.32. The maximum absolute atomic E-state index is 11.8. The zero-order chi connectivity index (χ0) is 12.3. The molecule has 1 atom stereocenters. The maximum atomic E-state index is 11.8. The molecule has 17 heavy (non-hydrogen) atoms. The highest BCUT2D eigenvalue weighted by atomic mass is 35.5. The minimum atomic E-state index is -0.190. The first-order valence-electron chi connectivity index (χ1n) is 5.74. The zero-order valence-corrected chi connectivity index (χ0v) is 10.6. The molecule has 1 amide bonds. The van der Waals surface area contributed by atoms with Gasteiger partial charge in [-0.3, -0.25) is 4.79 Å². The summed E-state index contributed by atoms with van der Waals surface area (Å²) in [5.74, 6) is 0.344. The topological polar surface area (TPSA) is 45.2 Å². The molecule has 0 aromatic carbocycles. The van der Waals surface area contributed by atoms with Gasteiger partial charge in [0.2, 0.25) is 0 Å². The summed E-state index contributed by atoms with van der Waals surface area (Å²) >= 11 is 5.91. The van der Waals surface area contributed by atoms with E-state index in [-0.39, 0.29) is 5.91 Å². The van der Waals surface area contributed by atoms with Gasteiger partial charge in [0, 0.05) is 19.3 Å². The Morgan fingerprint density at radius 1 is 1.71 bits per heavy atom. The Bertz CT molecular complexity index is 410. The molecule has 4 nitrogen and oxygen atoms in total. The summed E-state index contributed by atoms with van der Waals surface area (Å²) in [6.45, 7) is 2.83. The molecule has 2 heterocycles. The second kappa shape index (κ2) is 5.47. The fourth-order valence-electron chi connectivity index (χ4n) is 2.07. The van der Waals surface area contributed by atoms with E-state index in [9.17, 15) is 4.79 Å². The number of halogens is 1. The van der Waals surface area contributed by atoms with Gasteiger partial charge in [-0.05, 0) is 38.1 Å². The van der Waals surface area contributed by atoms with Gasteiger partial charge >= 0.3 is 0 Å². The van der Waals surface area contributed by atoms with Crippen LogP contribution in [0, 0.1) is 5.92 Å². The van der Waals surface area contributed by atoms with Gasteiger partial charge < -0.3 is 10.2 Å². The molecule has 5 heteroatoms. The Hall–Kier alpha value is -1.13. The van der Waals surface area contributed by atoms with Gasteiger partial charge in [-0.25, -0.2) is 4.98 Å². The number of likely N-dealkylation sites (tertiary alicyclic amines) is 1. The molecule has 0 radical (unpaired) electrons. The van der Waals surface area contributed by atoms with E-state index in [0.717, 1.165) is 19.5 Å². The van der Waals surface area contributed by atoms with E-state index in [1.165, 1.54) is 0 Å². The smallest absolute Gasteiger partial charge is 0.271 e. The van der Waals surface area contributed by atoms with Gasteiger partial charge in [0.15, 0.2) is 0 Å². The lowest BCUT2D eigenvalue weighted by atomic mass is 10.1.